The van der Waals surface area contributed by atoms with Crippen LogP contribution in [0.2, 0.25) is 0 Å². The zero-order valence-corrected chi connectivity index (χ0v) is 15.3. The van der Waals surface area contributed by atoms with E-state index in [0.717, 1.165) is 24.0 Å². The minimum Gasteiger partial charge on any atom is -0.467 e. The molecule has 3 rings (SSSR count). The van der Waals surface area contributed by atoms with Crippen molar-refractivity contribution in [3.05, 3.63) is 71.8 Å². The first-order valence-corrected chi connectivity index (χ1v) is 8.97. The second-order valence-corrected chi connectivity index (χ2v) is 6.66. The number of methoxy groups -OCH3 is 1. The number of amides is 1. The molecule has 1 saturated carbocycles. The van der Waals surface area contributed by atoms with E-state index in [0.29, 0.717) is 6.54 Å². The SMILES string of the molecule is COC(=O)C(NC(=O)OCc1ccccc1)C1(NCc2ccccc2)CC1. The molecule has 0 heterocycles. The molecule has 0 aliphatic heterocycles. The Hall–Kier alpha value is -2.86. The first kappa shape index (κ1) is 18.9. The maximum absolute atomic E-state index is 12.3. The Labute approximate surface area is 158 Å². The van der Waals surface area contributed by atoms with Gasteiger partial charge in [-0.1, -0.05) is 60.7 Å². The van der Waals surface area contributed by atoms with E-state index in [1.807, 2.05) is 60.7 Å². The molecule has 0 spiro atoms. The van der Waals surface area contributed by atoms with Crippen molar-refractivity contribution in [1.82, 2.24) is 10.6 Å². The fourth-order valence-electron chi connectivity index (χ4n) is 3.00. The molecule has 1 aliphatic carbocycles. The first-order valence-electron chi connectivity index (χ1n) is 8.97. The minimum absolute atomic E-state index is 0.144. The van der Waals surface area contributed by atoms with Crippen LogP contribution in [0.1, 0.15) is 24.0 Å². The van der Waals surface area contributed by atoms with Gasteiger partial charge in [-0.05, 0) is 24.0 Å². The lowest BCUT2D eigenvalue weighted by Crippen LogP contribution is -2.56. The Morgan fingerprint density at radius 1 is 1.00 bits per heavy atom. The van der Waals surface area contributed by atoms with Crippen LogP contribution < -0.4 is 10.6 Å². The van der Waals surface area contributed by atoms with Gasteiger partial charge in [-0.25, -0.2) is 9.59 Å². The maximum atomic E-state index is 12.3. The van der Waals surface area contributed by atoms with Crippen molar-refractivity contribution in [2.24, 2.45) is 0 Å². The first-order chi connectivity index (χ1) is 13.1. The number of carbonyl (C=O) groups is 2. The summed E-state index contributed by atoms with van der Waals surface area (Å²) in [6, 6.07) is 18.5. The van der Waals surface area contributed by atoms with Gasteiger partial charge in [-0.3, -0.25) is 0 Å². The number of nitrogens with one attached hydrogen (secondary N) is 2. The molecule has 2 aromatic rings. The molecule has 1 atom stereocenters. The second kappa shape index (κ2) is 8.68. The molecule has 0 saturated heterocycles. The molecular weight excluding hydrogens is 344 g/mol. The van der Waals surface area contributed by atoms with Crippen molar-refractivity contribution in [3.63, 3.8) is 0 Å². The maximum Gasteiger partial charge on any atom is 0.408 e. The average Bonchev–Trinajstić information content (AvgIpc) is 3.51. The fraction of sp³-hybridized carbons (Fsp3) is 0.333. The summed E-state index contributed by atoms with van der Waals surface area (Å²) in [5.41, 5.74) is 1.49. The Morgan fingerprint density at radius 3 is 2.15 bits per heavy atom. The van der Waals surface area contributed by atoms with Crippen LogP contribution in [0.25, 0.3) is 0 Å². The van der Waals surface area contributed by atoms with Crippen LogP contribution in [-0.4, -0.2) is 30.8 Å². The van der Waals surface area contributed by atoms with Gasteiger partial charge < -0.3 is 20.1 Å². The zero-order valence-electron chi connectivity index (χ0n) is 15.3. The number of hydrogen-bond acceptors (Lipinski definition) is 5. The summed E-state index contributed by atoms with van der Waals surface area (Å²) in [6.45, 7) is 0.750. The summed E-state index contributed by atoms with van der Waals surface area (Å²) in [5.74, 6) is -0.482. The van der Waals surface area contributed by atoms with E-state index in [1.165, 1.54) is 7.11 Å². The van der Waals surface area contributed by atoms with Gasteiger partial charge in [-0.15, -0.1) is 0 Å². The number of ether oxygens (including phenoxy) is 2. The molecule has 0 bridgehead atoms. The molecule has 2 aromatic carbocycles. The molecule has 2 N–H and O–H groups in total. The highest BCUT2D eigenvalue weighted by molar-refractivity contribution is 5.83. The molecule has 1 amide bonds. The molecule has 6 nitrogen and oxygen atoms in total. The number of esters is 1. The topological polar surface area (TPSA) is 76.7 Å². The van der Waals surface area contributed by atoms with Crippen LogP contribution in [0.15, 0.2) is 60.7 Å². The summed E-state index contributed by atoms with van der Waals surface area (Å²) >= 11 is 0. The van der Waals surface area contributed by atoms with E-state index in [-0.39, 0.29) is 6.61 Å². The second-order valence-electron chi connectivity index (χ2n) is 6.66. The number of hydrogen-bond donors (Lipinski definition) is 2. The molecule has 1 fully saturated rings. The normalized spacial score (nSPS) is 15.4. The van der Waals surface area contributed by atoms with Gasteiger partial charge in [-0.2, -0.15) is 0 Å². The molecule has 1 aliphatic rings. The van der Waals surface area contributed by atoms with E-state index in [1.54, 1.807) is 0 Å². The van der Waals surface area contributed by atoms with Gasteiger partial charge in [0, 0.05) is 12.1 Å². The van der Waals surface area contributed by atoms with Crippen molar-refractivity contribution in [3.8, 4) is 0 Å². The largest absolute Gasteiger partial charge is 0.467 e. The fourth-order valence-corrected chi connectivity index (χ4v) is 3.00. The number of rotatable bonds is 8. The third-order valence-electron chi connectivity index (χ3n) is 4.74. The monoisotopic (exact) mass is 368 g/mol. The molecule has 27 heavy (non-hydrogen) atoms. The summed E-state index contributed by atoms with van der Waals surface area (Å²) in [4.78, 5) is 24.5. The molecule has 6 heteroatoms. The molecular formula is C21H24N2O4. The number of benzene rings is 2. The van der Waals surface area contributed by atoms with Gasteiger partial charge in [0.2, 0.25) is 0 Å². The number of alkyl carbamates (subject to hydrolysis) is 1. The van der Waals surface area contributed by atoms with Crippen LogP contribution in [0, 0.1) is 0 Å². The highest BCUT2D eigenvalue weighted by atomic mass is 16.6. The van der Waals surface area contributed by atoms with Crippen LogP contribution in [0.5, 0.6) is 0 Å². The summed E-state index contributed by atoms with van der Waals surface area (Å²) in [7, 11) is 1.32. The van der Waals surface area contributed by atoms with Crippen molar-refractivity contribution in [1.29, 1.82) is 0 Å². The van der Waals surface area contributed by atoms with Crippen LogP contribution >= 0.6 is 0 Å². The Bertz CT molecular complexity index is 760. The molecule has 142 valence electrons. The third kappa shape index (κ3) is 5.08. The Kier molecular flexibility index (Phi) is 6.08. The molecule has 1 unspecified atom stereocenters. The highest BCUT2D eigenvalue weighted by Gasteiger charge is 2.53. The van der Waals surface area contributed by atoms with Gasteiger partial charge >= 0.3 is 12.1 Å². The van der Waals surface area contributed by atoms with E-state index in [4.69, 9.17) is 9.47 Å². The van der Waals surface area contributed by atoms with Crippen LogP contribution in [0.3, 0.4) is 0 Å². The minimum atomic E-state index is -0.797. The van der Waals surface area contributed by atoms with Crippen molar-refractivity contribution in [2.75, 3.05) is 7.11 Å². The highest BCUT2D eigenvalue weighted by Crippen LogP contribution is 2.39. The standard InChI is InChI=1S/C21H24N2O4/c1-26-19(24)18(23-20(25)27-15-17-10-6-3-7-11-17)21(12-13-21)22-14-16-8-4-2-5-9-16/h2-11,18,22H,12-15H2,1H3,(H,23,25). The van der Waals surface area contributed by atoms with Crippen LogP contribution in [-0.2, 0) is 27.4 Å². The van der Waals surface area contributed by atoms with E-state index >= 15 is 0 Å². The Morgan fingerprint density at radius 2 is 1.59 bits per heavy atom. The Balaban J connectivity index is 1.59. The zero-order chi connectivity index (χ0) is 19.1. The van der Waals surface area contributed by atoms with Gasteiger partial charge in [0.05, 0.1) is 7.11 Å². The predicted octanol–water partition coefficient (Wildman–Crippen LogP) is 2.78. The quantitative estimate of drug-likeness (QED) is 0.701. The average molecular weight is 368 g/mol. The van der Waals surface area contributed by atoms with E-state index in [9.17, 15) is 9.59 Å². The van der Waals surface area contributed by atoms with E-state index < -0.39 is 23.6 Å². The van der Waals surface area contributed by atoms with Crippen LogP contribution in [0.4, 0.5) is 4.79 Å². The molecule has 0 radical (unpaired) electrons. The van der Waals surface area contributed by atoms with Crippen molar-refractivity contribution in [2.45, 2.75) is 37.6 Å². The van der Waals surface area contributed by atoms with Crippen molar-refractivity contribution >= 4 is 12.1 Å². The lowest BCUT2D eigenvalue weighted by molar-refractivity contribution is -0.144. The van der Waals surface area contributed by atoms with E-state index in [2.05, 4.69) is 10.6 Å². The van der Waals surface area contributed by atoms with Gasteiger partial charge in [0.15, 0.2) is 0 Å². The predicted molar refractivity (Wildman–Crippen MR) is 101 cm³/mol. The lowest BCUT2D eigenvalue weighted by atomic mass is 10.1. The van der Waals surface area contributed by atoms with Crippen molar-refractivity contribution < 1.29 is 19.1 Å². The molecule has 0 aromatic heterocycles. The smallest absolute Gasteiger partial charge is 0.408 e. The summed E-state index contributed by atoms with van der Waals surface area (Å²) < 4.78 is 10.2. The summed E-state index contributed by atoms with van der Waals surface area (Å²) in [5, 5.41) is 6.09. The number of carbonyl (C=O) groups excluding carboxylic acids is 2. The van der Waals surface area contributed by atoms with Gasteiger partial charge in [0.25, 0.3) is 0 Å². The lowest BCUT2D eigenvalue weighted by Gasteiger charge is -2.26. The summed E-state index contributed by atoms with van der Waals surface area (Å²) in [6.07, 6.45) is 0.916. The third-order valence-corrected chi connectivity index (χ3v) is 4.74. The van der Waals surface area contributed by atoms with Gasteiger partial charge in [0.1, 0.15) is 12.6 Å².